The molecule has 0 aliphatic carbocycles. The molecule has 0 aromatic carbocycles. The van der Waals surface area contributed by atoms with Crippen LogP contribution in [0.25, 0.3) is 11.2 Å². The highest BCUT2D eigenvalue weighted by Crippen LogP contribution is 2.12. The molecule has 3 aromatic heterocycles. The van der Waals surface area contributed by atoms with Crippen molar-refractivity contribution in [2.24, 2.45) is 21.1 Å². The van der Waals surface area contributed by atoms with E-state index < -0.39 is 11.2 Å². The van der Waals surface area contributed by atoms with Crippen LogP contribution < -0.4 is 16.6 Å². The van der Waals surface area contributed by atoms with E-state index in [0.717, 1.165) is 10.3 Å². The van der Waals surface area contributed by atoms with Crippen molar-refractivity contribution in [2.75, 3.05) is 5.32 Å². The van der Waals surface area contributed by atoms with Gasteiger partial charge in [-0.15, -0.1) is 0 Å². The Morgan fingerprint density at radius 1 is 1.20 bits per heavy atom. The molecule has 0 bridgehead atoms. The maximum atomic E-state index is 12.3. The van der Waals surface area contributed by atoms with E-state index in [1.165, 1.54) is 17.9 Å². The maximum Gasteiger partial charge on any atom is 0.332 e. The number of aromatic nitrogens is 6. The molecule has 0 radical (unpaired) electrons. The summed E-state index contributed by atoms with van der Waals surface area (Å²) in [4.78, 5) is 40.5. The maximum absolute atomic E-state index is 12.3. The van der Waals surface area contributed by atoms with Crippen LogP contribution in [0.1, 0.15) is 12.1 Å². The predicted octanol–water partition coefficient (Wildman–Crippen LogP) is -0.496. The van der Waals surface area contributed by atoms with Crippen molar-refractivity contribution in [1.29, 1.82) is 0 Å². The second-order valence-corrected chi connectivity index (χ2v) is 5.92. The highest BCUT2D eigenvalue weighted by Gasteiger charge is 2.15. The molecule has 0 atom stereocenters. The Labute approximate surface area is 142 Å². The number of imidazole rings is 1. The molecule has 0 unspecified atom stereocenters. The molecule has 10 nitrogen and oxygen atoms in total. The van der Waals surface area contributed by atoms with Gasteiger partial charge in [0.2, 0.25) is 5.91 Å². The van der Waals surface area contributed by atoms with E-state index in [1.54, 1.807) is 29.5 Å². The van der Waals surface area contributed by atoms with Crippen LogP contribution in [0.15, 0.2) is 22.1 Å². The Balaban J connectivity index is 1.82. The molecule has 1 N–H and O–H groups in total. The quantitative estimate of drug-likeness (QED) is 0.686. The minimum Gasteiger partial charge on any atom is -0.324 e. The van der Waals surface area contributed by atoms with Crippen molar-refractivity contribution in [3.63, 3.8) is 0 Å². The van der Waals surface area contributed by atoms with Gasteiger partial charge in [0.1, 0.15) is 0 Å². The first kappa shape index (κ1) is 16.7. The van der Waals surface area contributed by atoms with Crippen LogP contribution in [-0.4, -0.2) is 34.4 Å². The molecule has 3 rings (SSSR count). The average Bonchev–Trinajstić information content (AvgIpc) is 3.12. The van der Waals surface area contributed by atoms with Crippen LogP contribution in [0.5, 0.6) is 0 Å². The van der Waals surface area contributed by atoms with E-state index in [9.17, 15) is 14.4 Å². The molecule has 1 amide bonds. The fourth-order valence-electron chi connectivity index (χ4n) is 2.72. The Morgan fingerprint density at radius 2 is 1.92 bits per heavy atom. The molecule has 0 fully saturated rings. The third-order valence-electron chi connectivity index (χ3n) is 4.08. The van der Waals surface area contributed by atoms with Crippen molar-refractivity contribution in [1.82, 2.24) is 28.5 Å². The van der Waals surface area contributed by atoms with Gasteiger partial charge in [-0.25, -0.2) is 9.78 Å². The number of nitrogens with zero attached hydrogens (tertiary/aromatic N) is 6. The number of aryl methyl sites for hydroxylation is 4. The normalized spacial score (nSPS) is 11.2. The van der Waals surface area contributed by atoms with E-state index in [-0.39, 0.29) is 18.9 Å². The van der Waals surface area contributed by atoms with Gasteiger partial charge in [0, 0.05) is 40.3 Å². The summed E-state index contributed by atoms with van der Waals surface area (Å²) in [6.45, 7) is 2.08. The first-order valence-electron chi connectivity index (χ1n) is 7.70. The number of carbonyl (C=O) groups excluding carboxylic acids is 1. The van der Waals surface area contributed by atoms with Gasteiger partial charge in [0.25, 0.3) is 5.56 Å². The SMILES string of the molecule is Cc1nn(C)cc1NC(=O)CCn1cnc2c1c(=O)n(C)c(=O)n2C. The lowest BCUT2D eigenvalue weighted by Crippen LogP contribution is -2.37. The van der Waals surface area contributed by atoms with Gasteiger partial charge in [0.15, 0.2) is 11.2 Å². The molecule has 25 heavy (non-hydrogen) atoms. The van der Waals surface area contributed by atoms with E-state index in [1.807, 2.05) is 6.92 Å². The van der Waals surface area contributed by atoms with E-state index in [2.05, 4.69) is 15.4 Å². The van der Waals surface area contributed by atoms with E-state index >= 15 is 0 Å². The Morgan fingerprint density at radius 3 is 2.56 bits per heavy atom. The molecule has 0 aliphatic rings. The van der Waals surface area contributed by atoms with Crippen molar-refractivity contribution in [3.05, 3.63) is 39.1 Å². The summed E-state index contributed by atoms with van der Waals surface area (Å²) in [7, 11) is 4.75. The van der Waals surface area contributed by atoms with Crippen LogP contribution in [0, 0.1) is 6.92 Å². The van der Waals surface area contributed by atoms with Crippen LogP contribution in [0.3, 0.4) is 0 Å². The summed E-state index contributed by atoms with van der Waals surface area (Å²) in [6, 6.07) is 0. The molecule has 0 saturated carbocycles. The molecule has 0 saturated heterocycles. The van der Waals surface area contributed by atoms with Gasteiger partial charge in [0.05, 0.1) is 17.7 Å². The zero-order valence-electron chi connectivity index (χ0n) is 14.5. The highest BCUT2D eigenvalue weighted by molar-refractivity contribution is 5.91. The standard InChI is InChI=1S/C15H19N7O3/c1-9-10(7-19(2)18-9)17-11(23)5-6-22-8-16-13-12(22)14(24)21(4)15(25)20(13)3/h7-8H,5-6H2,1-4H3,(H,17,23). The number of hydrogen-bond acceptors (Lipinski definition) is 5. The van der Waals surface area contributed by atoms with Crippen molar-refractivity contribution in [3.8, 4) is 0 Å². The number of rotatable bonds is 4. The van der Waals surface area contributed by atoms with Crippen LogP contribution in [0.4, 0.5) is 5.69 Å². The second-order valence-electron chi connectivity index (χ2n) is 5.92. The number of amides is 1. The molecule has 3 aromatic rings. The number of nitrogens with one attached hydrogen (secondary N) is 1. The van der Waals surface area contributed by atoms with Gasteiger partial charge >= 0.3 is 5.69 Å². The van der Waals surface area contributed by atoms with Crippen molar-refractivity contribution >= 4 is 22.8 Å². The lowest BCUT2D eigenvalue weighted by atomic mass is 10.3. The predicted molar refractivity (Wildman–Crippen MR) is 91.4 cm³/mol. The summed E-state index contributed by atoms with van der Waals surface area (Å²) in [6.07, 6.45) is 3.35. The Kier molecular flexibility index (Phi) is 4.03. The molecule has 132 valence electrons. The Bertz CT molecular complexity index is 1080. The zero-order chi connectivity index (χ0) is 18.3. The summed E-state index contributed by atoms with van der Waals surface area (Å²) in [5.41, 5.74) is 1.12. The van der Waals surface area contributed by atoms with Gasteiger partial charge in [-0.3, -0.25) is 23.4 Å². The minimum atomic E-state index is -0.437. The molecule has 0 aliphatic heterocycles. The fraction of sp³-hybridized carbons (Fsp3) is 0.400. The Hall–Kier alpha value is -3.17. The molecule has 0 spiro atoms. The van der Waals surface area contributed by atoms with Gasteiger partial charge in [-0.05, 0) is 6.92 Å². The molecular formula is C15H19N7O3. The smallest absolute Gasteiger partial charge is 0.324 e. The van der Waals surface area contributed by atoms with Gasteiger partial charge in [-0.2, -0.15) is 5.10 Å². The lowest BCUT2D eigenvalue weighted by Gasteiger charge is -2.07. The van der Waals surface area contributed by atoms with E-state index in [0.29, 0.717) is 16.9 Å². The van der Waals surface area contributed by atoms with Crippen molar-refractivity contribution in [2.45, 2.75) is 19.9 Å². The highest BCUT2D eigenvalue weighted by atomic mass is 16.2. The minimum absolute atomic E-state index is 0.159. The number of hydrogen-bond donors (Lipinski definition) is 1. The fourth-order valence-corrected chi connectivity index (χ4v) is 2.72. The van der Waals surface area contributed by atoms with E-state index in [4.69, 9.17) is 0 Å². The topological polar surface area (TPSA) is 109 Å². The van der Waals surface area contributed by atoms with Crippen LogP contribution in [-0.2, 0) is 32.5 Å². The molecule has 10 heteroatoms. The second kappa shape index (κ2) is 6.04. The largest absolute Gasteiger partial charge is 0.332 e. The molecular weight excluding hydrogens is 326 g/mol. The first-order chi connectivity index (χ1) is 11.8. The third-order valence-corrected chi connectivity index (χ3v) is 4.08. The summed E-state index contributed by atoms with van der Waals surface area (Å²) >= 11 is 0. The average molecular weight is 345 g/mol. The third kappa shape index (κ3) is 2.86. The number of carbonyl (C=O) groups is 1. The van der Waals surface area contributed by atoms with Gasteiger partial charge < -0.3 is 9.88 Å². The molecule has 3 heterocycles. The number of anilines is 1. The monoisotopic (exact) mass is 345 g/mol. The summed E-state index contributed by atoms with van der Waals surface area (Å²) in [5.74, 6) is -0.195. The van der Waals surface area contributed by atoms with Crippen LogP contribution in [0.2, 0.25) is 0 Å². The first-order valence-corrected chi connectivity index (χ1v) is 7.70. The van der Waals surface area contributed by atoms with Crippen molar-refractivity contribution < 1.29 is 4.79 Å². The van der Waals surface area contributed by atoms with Gasteiger partial charge in [-0.1, -0.05) is 0 Å². The zero-order valence-corrected chi connectivity index (χ0v) is 14.5. The summed E-state index contributed by atoms with van der Waals surface area (Å²) in [5, 5.41) is 6.96. The summed E-state index contributed by atoms with van der Waals surface area (Å²) < 4.78 is 5.55. The lowest BCUT2D eigenvalue weighted by molar-refractivity contribution is -0.116. The van der Waals surface area contributed by atoms with Crippen LogP contribution >= 0.6 is 0 Å². The number of fused-ring (bicyclic) bond motifs is 1.